The highest BCUT2D eigenvalue weighted by Crippen LogP contribution is 2.30. The maximum Gasteiger partial charge on any atom is 0.229 e. The fourth-order valence-electron chi connectivity index (χ4n) is 4.84. The van der Waals surface area contributed by atoms with Gasteiger partial charge in [-0.1, -0.05) is 12.5 Å². The number of aromatic nitrogens is 5. The first kappa shape index (κ1) is 24.2. The number of aliphatic hydroxyl groups excluding tert-OH is 1. The molecule has 3 aromatic heterocycles. The second-order valence-electron chi connectivity index (χ2n) is 9.44. The number of fused-ring (bicyclic) bond motifs is 1. The number of pyridine rings is 1. The van der Waals surface area contributed by atoms with Gasteiger partial charge in [0.05, 0.1) is 17.8 Å². The summed E-state index contributed by atoms with van der Waals surface area (Å²) < 4.78 is 31.6. The van der Waals surface area contributed by atoms with Gasteiger partial charge in [-0.25, -0.2) is 28.7 Å². The summed E-state index contributed by atoms with van der Waals surface area (Å²) in [6.45, 7) is 6.68. The molecular weight excluding hydrogens is 464 g/mol. The summed E-state index contributed by atoms with van der Waals surface area (Å²) in [7, 11) is 0. The molecule has 4 heterocycles. The number of imidazole rings is 1. The number of benzene rings is 1. The van der Waals surface area contributed by atoms with Gasteiger partial charge in [0.25, 0.3) is 0 Å². The van der Waals surface area contributed by atoms with E-state index < -0.39 is 17.7 Å². The van der Waals surface area contributed by atoms with E-state index in [2.05, 4.69) is 30.6 Å². The van der Waals surface area contributed by atoms with Crippen LogP contribution in [-0.4, -0.2) is 42.2 Å². The Hall–Kier alpha value is -3.50. The molecule has 0 amide bonds. The molecular formula is C26H29F2N7O. The van der Waals surface area contributed by atoms with Gasteiger partial charge >= 0.3 is 0 Å². The number of nitrogens with zero attached hydrogens (tertiary/aromatic N) is 5. The van der Waals surface area contributed by atoms with Crippen LogP contribution in [-0.2, 0) is 0 Å². The minimum Gasteiger partial charge on any atom is -0.387 e. The Morgan fingerprint density at radius 1 is 1.08 bits per heavy atom. The van der Waals surface area contributed by atoms with Gasteiger partial charge in [-0.2, -0.15) is 0 Å². The van der Waals surface area contributed by atoms with Crippen molar-refractivity contribution in [2.24, 2.45) is 0 Å². The highest BCUT2D eigenvalue weighted by Gasteiger charge is 2.23. The molecule has 0 unspecified atom stereocenters. The zero-order chi connectivity index (χ0) is 25.4. The molecule has 10 heteroatoms. The Balaban J connectivity index is 1.41. The van der Waals surface area contributed by atoms with Gasteiger partial charge in [0.2, 0.25) is 5.95 Å². The van der Waals surface area contributed by atoms with E-state index in [1.165, 1.54) is 6.07 Å². The quantitative estimate of drug-likeness (QED) is 0.348. The SMILES string of the molecule is Cc1nc2c(F)cc(-c3nc(Nc4ccc([C@@H](O)[C@H]5CCCCN5)cn4)ncc3F)cc2n1C(C)C. The lowest BCUT2D eigenvalue weighted by atomic mass is 9.96. The van der Waals surface area contributed by atoms with Crippen molar-refractivity contribution in [1.82, 2.24) is 29.8 Å². The molecule has 1 aliphatic rings. The molecule has 36 heavy (non-hydrogen) atoms. The number of rotatable bonds is 6. The van der Waals surface area contributed by atoms with E-state index in [-0.39, 0.29) is 34.8 Å². The Kier molecular flexibility index (Phi) is 6.63. The predicted molar refractivity (Wildman–Crippen MR) is 134 cm³/mol. The standard InChI is InChI=1S/C26H29F2N7O/c1-14(2)35-15(3)32-24-18(27)10-17(11-21(24)35)23-19(28)13-31-26(34-23)33-22-8-7-16(12-30-22)25(36)20-6-4-5-9-29-20/h7-8,10-14,20,25,29,36H,4-6,9H2,1-3H3,(H,30,31,33,34)/t20-,25-/m1/s1. The maximum absolute atomic E-state index is 14.9. The molecule has 0 radical (unpaired) electrons. The highest BCUT2D eigenvalue weighted by atomic mass is 19.1. The summed E-state index contributed by atoms with van der Waals surface area (Å²) >= 11 is 0. The lowest BCUT2D eigenvalue weighted by molar-refractivity contribution is 0.113. The normalized spacial score (nSPS) is 17.0. The second kappa shape index (κ2) is 9.87. The molecule has 4 aromatic rings. The molecule has 0 spiro atoms. The Morgan fingerprint density at radius 2 is 1.92 bits per heavy atom. The smallest absolute Gasteiger partial charge is 0.229 e. The van der Waals surface area contributed by atoms with Crippen LogP contribution < -0.4 is 10.6 Å². The third-order valence-corrected chi connectivity index (χ3v) is 6.56. The summed E-state index contributed by atoms with van der Waals surface area (Å²) in [6, 6.07) is 6.50. The Bertz CT molecular complexity index is 1380. The summed E-state index contributed by atoms with van der Waals surface area (Å²) in [5.74, 6) is 0.0322. The van der Waals surface area contributed by atoms with Crippen LogP contribution >= 0.6 is 0 Å². The van der Waals surface area contributed by atoms with E-state index in [1.54, 1.807) is 24.4 Å². The topological polar surface area (TPSA) is 101 Å². The van der Waals surface area contributed by atoms with E-state index in [1.807, 2.05) is 25.3 Å². The van der Waals surface area contributed by atoms with Crippen molar-refractivity contribution in [2.45, 2.75) is 58.2 Å². The molecule has 0 saturated carbocycles. The maximum atomic E-state index is 14.9. The fourth-order valence-corrected chi connectivity index (χ4v) is 4.84. The molecule has 8 nitrogen and oxygen atoms in total. The van der Waals surface area contributed by atoms with E-state index in [4.69, 9.17) is 0 Å². The molecule has 1 aromatic carbocycles. The van der Waals surface area contributed by atoms with E-state index in [0.29, 0.717) is 22.7 Å². The van der Waals surface area contributed by atoms with Gasteiger partial charge in [0.15, 0.2) is 11.6 Å². The third kappa shape index (κ3) is 4.66. The van der Waals surface area contributed by atoms with Crippen LogP contribution in [0.1, 0.15) is 56.6 Å². The number of piperidine rings is 1. The number of anilines is 2. The van der Waals surface area contributed by atoms with Crippen molar-refractivity contribution in [3.05, 3.63) is 59.7 Å². The molecule has 3 N–H and O–H groups in total. The summed E-state index contributed by atoms with van der Waals surface area (Å²) in [5.41, 5.74) is 1.79. The van der Waals surface area contributed by atoms with Crippen LogP contribution in [0.5, 0.6) is 0 Å². The van der Waals surface area contributed by atoms with Crippen molar-refractivity contribution in [1.29, 1.82) is 0 Å². The molecule has 1 fully saturated rings. The highest BCUT2D eigenvalue weighted by molar-refractivity contribution is 5.83. The number of aryl methyl sites for hydroxylation is 1. The monoisotopic (exact) mass is 493 g/mol. The van der Waals surface area contributed by atoms with Gasteiger partial charge in [-0.05, 0) is 58.4 Å². The third-order valence-electron chi connectivity index (χ3n) is 6.56. The number of aliphatic hydroxyl groups is 1. The van der Waals surface area contributed by atoms with E-state index in [0.717, 1.165) is 32.0 Å². The predicted octanol–water partition coefficient (Wildman–Crippen LogP) is 4.97. The minimum absolute atomic E-state index is 0.0101. The minimum atomic E-state index is -0.668. The van der Waals surface area contributed by atoms with Crippen molar-refractivity contribution < 1.29 is 13.9 Å². The Morgan fingerprint density at radius 3 is 2.61 bits per heavy atom. The van der Waals surface area contributed by atoms with Crippen LogP contribution in [0.3, 0.4) is 0 Å². The van der Waals surface area contributed by atoms with Gasteiger partial charge in [-0.3, -0.25) is 0 Å². The molecule has 188 valence electrons. The van der Waals surface area contributed by atoms with Crippen LogP contribution in [0.15, 0.2) is 36.7 Å². The van der Waals surface area contributed by atoms with Gasteiger partial charge < -0.3 is 20.3 Å². The van der Waals surface area contributed by atoms with Crippen LogP contribution in [0.4, 0.5) is 20.5 Å². The number of halogens is 2. The average Bonchev–Trinajstić information content (AvgIpc) is 3.22. The molecule has 0 bridgehead atoms. The van der Waals surface area contributed by atoms with E-state index >= 15 is 0 Å². The lowest BCUT2D eigenvalue weighted by Gasteiger charge is -2.28. The zero-order valence-corrected chi connectivity index (χ0v) is 20.5. The number of nitrogens with one attached hydrogen (secondary N) is 2. The molecule has 1 aliphatic heterocycles. The van der Waals surface area contributed by atoms with Crippen LogP contribution in [0.2, 0.25) is 0 Å². The first-order valence-electron chi connectivity index (χ1n) is 12.2. The first-order valence-corrected chi connectivity index (χ1v) is 12.2. The largest absolute Gasteiger partial charge is 0.387 e. The average molecular weight is 494 g/mol. The van der Waals surface area contributed by atoms with E-state index in [9.17, 15) is 13.9 Å². The Labute approximate surface area is 207 Å². The molecule has 1 saturated heterocycles. The number of hydrogen-bond donors (Lipinski definition) is 3. The van der Waals surface area contributed by atoms with Crippen molar-refractivity contribution in [3.8, 4) is 11.3 Å². The van der Waals surface area contributed by atoms with Gasteiger partial charge in [0.1, 0.15) is 22.9 Å². The lowest BCUT2D eigenvalue weighted by Crippen LogP contribution is -2.38. The van der Waals surface area contributed by atoms with Crippen molar-refractivity contribution in [3.63, 3.8) is 0 Å². The van der Waals surface area contributed by atoms with Crippen LogP contribution in [0.25, 0.3) is 22.3 Å². The van der Waals surface area contributed by atoms with Crippen molar-refractivity contribution >= 4 is 22.8 Å². The number of hydrogen-bond acceptors (Lipinski definition) is 7. The van der Waals surface area contributed by atoms with Crippen LogP contribution in [0, 0.1) is 18.6 Å². The molecule has 5 rings (SSSR count). The summed E-state index contributed by atoms with van der Waals surface area (Å²) in [5, 5.41) is 17.0. The zero-order valence-electron chi connectivity index (χ0n) is 20.5. The summed E-state index contributed by atoms with van der Waals surface area (Å²) in [6.07, 6.45) is 5.12. The van der Waals surface area contributed by atoms with Gasteiger partial charge in [-0.15, -0.1) is 0 Å². The molecule has 2 atom stereocenters. The first-order chi connectivity index (χ1) is 17.3. The molecule has 0 aliphatic carbocycles. The fraction of sp³-hybridized carbons (Fsp3) is 0.385. The van der Waals surface area contributed by atoms with Crippen molar-refractivity contribution in [2.75, 3.05) is 11.9 Å². The van der Waals surface area contributed by atoms with Gasteiger partial charge in [0, 0.05) is 29.4 Å². The second-order valence-corrected chi connectivity index (χ2v) is 9.44. The summed E-state index contributed by atoms with van der Waals surface area (Å²) in [4.78, 5) is 17.0.